The van der Waals surface area contributed by atoms with Crippen LogP contribution in [0.15, 0.2) is 0 Å². The monoisotopic (exact) mass is 172 g/mol. The maximum absolute atomic E-state index is 11.2. The van der Waals surface area contributed by atoms with E-state index in [4.69, 9.17) is 0 Å². The highest BCUT2D eigenvalue weighted by atomic mass is 16.6. The van der Waals surface area contributed by atoms with Crippen molar-refractivity contribution in [3.8, 4) is 0 Å². The second-order valence-corrected chi connectivity index (χ2v) is 3.32. The Morgan fingerprint density at radius 1 is 1.42 bits per heavy atom. The van der Waals surface area contributed by atoms with Crippen molar-refractivity contribution in [2.45, 2.75) is 32.5 Å². The molecule has 4 heteroatoms. The number of rotatable bonds is 0. The van der Waals surface area contributed by atoms with Crippen LogP contribution in [0.3, 0.4) is 0 Å². The topological polar surface area (TPSA) is 63.6 Å². The van der Waals surface area contributed by atoms with Crippen molar-refractivity contribution < 1.29 is 19.4 Å². The van der Waals surface area contributed by atoms with E-state index >= 15 is 0 Å². The summed E-state index contributed by atoms with van der Waals surface area (Å²) >= 11 is 0. The molecule has 1 aliphatic heterocycles. The second-order valence-electron chi connectivity index (χ2n) is 3.32. The maximum Gasteiger partial charge on any atom is 0.339 e. The zero-order valence-corrected chi connectivity index (χ0v) is 7.33. The number of carbonyl (C=O) groups excluding carboxylic acids is 2. The van der Waals surface area contributed by atoms with E-state index < -0.39 is 23.6 Å². The summed E-state index contributed by atoms with van der Waals surface area (Å²) in [5.74, 6) is -1.64. The third-order valence-corrected chi connectivity index (χ3v) is 2.37. The number of carbonyl (C=O) groups is 2. The first-order valence-electron chi connectivity index (χ1n) is 3.84. The van der Waals surface area contributed by atoms with Crippen molar-refractivity contribution in [2.24, 2.45) is 5.92 Å². The smallest absolute Gasteiger partial charge is 0.339 e. The molecule has 0 aromatic carbocycles. The molecule has 0 bridgehead atoms. The maximum atomic E-state index is 11.2. The van der Waals surface area contributed by atoms with Crippen LogP contribution < -0.4 is 0 Å². The van der Waals surface area contributed by atoms with Crippen LogP contribution >= 0.6 is 0 Å². The summed E-state index contributed by atoms with van der Waals surface area (Å²) in [7, 11) is 0. The van der Waals surface area contributed by atoms with Crippen molar-refractivity contribution >= 4 is 11.8 Å². The van der Waals surface area contributed by atoms with Gasteiger partial charge in [0, 0.05) is 0 Å². The fraction of sp³-hybridized carbons (Fsp3) is 0.750. The van der Waals surface area contributed by atoms with E-state index in [0.717, 1.165) is 0 Å². The molecule has 1 saturated heterocycles. The van der Waals surface area contributed by atoms with Crippen molar-refractivity contribution in [1.82, 2.24) is 0 Å². The summed E-state index contributed by atoms with van der Waals surface area (Å²) in [6.07, 6.45) is -0.729. The van der Waals surface area contributed by atoms with Crippen LogP contribution in [0.5, 0.6) is 0 Å². The van der Waals surface area contributed by atoms with Gasteiger partial charge in [-0.1, -0.05) is 6.92 Å². The molecule has 0 spiro atoms. The molecule has 12 heavy (non-hydrogen) atoms. The lowest BCUT2D eigenvalue weighted by molar-refractivity contribution is -0.189. The molecule has 0 aromatic heterocycles. The Morgan fingerprint density at radius 2 is 1.92 bits per heavy atom. The molecule has 1 heterocycles. The number of ether oxygens (including phenoxy) is 1. The first-order valence-corrected chi connectivity index (χ1v) is 3.84. The van der Waals surface area contributed by atoms with Crippen LogP contribution in [-0.2, 0) is 14.3 Å². The normalized spacial score (nSPS) is 42.7. The predicted molar refractivity (Wildman–Crippen MR) is 40.3 cm³/mol. The first-order chi connectivity index (χ1) is 5.37. The van der Waals surface area contributed by atoms with Crippen LogP contribution in [-0.4, -0.2) is 28.6 Å². The lowest BCUT2D eigenvalue weighted by atomic mass is 9.83. The number of ketones is 1. The molecule has 1 aliphatic rings. The van der Waals surface area contributed by atoms with Crippen molar-refractivity contribution in [3.05, 3.63) is 0 Å². The SMILES string of the molecule is C[C@@H]1OC(=O)[C@@](C)(O)[C@@H](C)C1=O. The van der Waals surface area contributed by atoms with E-state index in [1.165, 1.54) is 20.8 Å². The van der Waals surface area contributed by atoms with E-state index in [2.05, 4.69) is 4.74 Å². The number of cyclic esters (lactones) is 1. The summed E-state index contributed by atoms with van der Waals surface area (Å²) in [5, 5.41) is 9.50. The lowest BCUT2D eigenvalue weighted by Gasteiger charge is -2.34. The van der Waals surface area contributed by atoms with Gasteiger partial charge >= 0.3 is 5.97 Å². The summed E-state index contributed by atoms with van der Waals surface area (Å²) in [5.41, 5.74) is -1.66. The average Bonchev–Trinajstić information content (AvgIpc) is 1.99. The highest BCUT2D eigenvalue weighted by Crippen LogP contribution is 2.26. The Hall–Kier alpha value is -0.900. The highest BCUT2D eigenvalue weighted by molar-refractivity contribution is 5.97. The molecule has 3 atom stereocenters. The molecule has 0 unspecified atom stereocenters. The van der Waals surface area contributed by atoms with Gasteiger partial charge in [-0.25, -0.2) is 4.79 Å². The van der Waals surface area contributed by atoms with Crippen LogP contribution in [0.2, 0.25) is 0 Å². The van der Waals surface area contributed by atoms with Gasteiger partial charge in [0.1, 0.15) is 0 Å². The quantitative estimate of drug-likeness (QED) is 0.518. The Kier molecular flexibility index (Phi) is 1.96. The van der Waals surface area contributed by atoms with Crippen molar-refractivity contribution in [3.63, 3.8) is 0 Å². The van der Waals surface area contributed by atoms with Crippen molar-refractivity contribution in [1.29, 1.82) is 0 Å². The molecule has 4 nitrogen and oxygen atoms in total. The fourth-order valence-corrected chi connectivity index (χ4v) is 1.14. The molecule has 0 aliphatic carbocycles. The van der Waals surface area contributed by atoms with E-state index in [1.807, 2.05) is 0 Å². The Morgan fingerprint density at radius 3 is 2.42 bits per heavy atom. The molecule has 0 amide bonds. The third-order valence-electron chi connectivity index (χ3n) is 2.37. The van der Waals surface area contributed by atoms with Crippen LogP contribution in [0.25, 0.3) is 0 Å². The Balaban J connectivity index is 2.95. The van der Waals surface area contributed by atoms with Crippen LogP contribution in [0.4, 0.5) is 0 Å². The van der Waals surface area contributed by atoms with E-state index in [-0.39, 0.29) is 5.78 Å². The van der Waals surface area contributed by atoms with Gasteiger partial charge in [-0.3, -0.25) is 4.79 Å². The summed E-state index contributed by atoms with van der Waals surface area (Å²) in [4.78, 5) is 22.3. The summed E-state index contributed by atoms with van der Waals surface area (Å²) in [6, 6.07) is 0. The average molecular weight is 172 g/mol. The van der Waals surface area contributed by atoms with Crippen LogP contribution in [0, 0.1) is 5.92 Å². The van der Waals surface area contributed by atoms with Crippen molar-refractivity contribution in [2.75, 3.05) is 0 Å². The van der Waals surface area contributed by atoms with Gasteiger partial charge in [0.05, 0.1) is 5.92 Å². The predicted octanol–water partition coefficient (Wildman–Crippen LogP) is -0.112. The molecule has 0 aromatic rings. The first kappa shape index (κ1) is 9.19. The van der Waals surface area contributed by atoms with E-state index in [1.54, 1.807) is 0 Å². The van der Waals surface area contributed by atoms with E-state index in [0.29, 0.717) is 0 Å². The van der Waals surface area contributed by atoms with Gasteiger partial charge in [-0.15, -0.1) is 0 Å². The van der Waals surface area contributed by atoms with Gasteiger partial charge < -0.3 is 9.84 Å². The van der Waals surface area contributed by atoms with E-state index in [9.17, 15) is 14.7 Å². The lowest BCUT2D eigenvalue weighted by Crippen LogP contribution is -2.55. The molecule has 68 valence electrons. The molecule has 1 rings (SSSR count). The molecule has 1 N–H and O–H groups in total. The van der Waals surface area contributed by atoms with Gasteiger partial charge in [-0.05, 0) is 13.8 Å². The minimum atomic E-state index is -1.66. The molecule has 1 fully saturated rings. The minimum absolute atomic E-state index is 0.236. The number of hydrogen-bond acceptors (Lipinski definition) is 4. The number of aliphatic hydroxyl groups is 1. The molecule has 0 saturated carbocycles. The minimum Gasteiger partial charge on any atom is -0.453 e. The summed E-state index contributed by atoms with van der Waals surface area (Å²) < 4.78 is 4.65. The molecular formula is C8H12O4. The standard InChI is InChI=1S/C8H12O4/c1-4-6(9)5(2)12-7(10)8(4,3)11/h4-5,11H,1-3H3/t4-,5-,8-/m0/s1. The van der Waals surface area contributed by atoms with Gasteiger partial charge in [0.2, 0.25) is 0 Å². The second kappa shape index (κ2) is 2.55. The number of esters is 1. The third kappa shape index (κ3) is 1.12. The highest BCUT2D eigenvalue weighted by Gasteiger charge is 2.48. The molecule has 0 radical (unpaired) electrons. The largest absolute Gasteiger partial charge is 0.453 e. The number of Topliss-reactive ketones (excluding diaryl/α,β-unsaturated/α-hetero) is 1. The Bertz CT molecular complexity index is 229. The van der Waals surface area contributed by atoms with Gasteiger partial charge in [-0.2, -0.15) is 0 Å². The fourth-order valence-electron chi connectivity index (χ4n) is 1.14. The van der Waals surface area contributed by atoms with Gasteiger partial charge in [0.25, 0.3) is 0 Å². The zero-order valence-electron chi connectivity index (χ0n) is 7.33. The Labute approximate surface area is 70.5 Å². The van der Waals surface area contributed by atoms with Crippen LogP contribution in [0.1, 0.15) is 20.8 Å². The van der Waals surface area contributed by atoms with Gasteiger partial charge in [0.15, 0.2) is 17.5 Å². The number of hydrogen-bond donors (Lipinski definition) is 1. The zero-order chi connectivity index (χ0) is 9.52. The summed E-state index contributed by atoms with van der Waals surface area (Å²) in [6.45, 7) is 4.33. The molecular weight excluding hydrogens is 160 g/mol.